The molecule has 60 valence electrons. The number of amides is 1. The van der Waals surface area contributed by atoms with Crippen LogP contribution in [0.15, 0.2) is 18.5 Å². The average molecular weight is 153 g/mol. The van der Waals surface area contributed by atoms with E-state index in [9.17, 15) is 4.79 Å². The van der Waals surface area contributed by atoms with Crippen LogP contribution < -0.4 is 11.3 Å². The number of nitrogens with one attached hydrogen (secondary N) is 2. The van der Waals surface area contributed by atoms with E-state index in [4.69, 9.17) is 5.84 Å². The van der Waals surface area contributed by atoms with Crippen molar-refractivity contribution in [3.8, 4) is 0 Å². The van der Waals surface area contributed by atoms with Crippen molar-refractivity contribution < 1.29 is 4.79 Å². The van der Waals surface area contributed by atoms with E-state index in [1.165, 1.54) is 0 Å². The summed E-state index contributed by atoms with van der Waals surface area (Å²) in [6.07, 6.45) is 3.55. The summed E-state index contributed by atoms with van der Waals surface area (Å²) in [6, 6.07) is 1.85. The van der Waals surface area contributed by atoms with Gasteiger partial charge in [-0.15, -0.1) is 0 Å². The van der Waals surface area contributed by atoms with Crippen molar-refractivity contribution in [3.63, 3.8) is 0 Å². The van der Waals surface area contributed by atoms with Gasteiger partial charge in [0.15, 0.2) is 0 Å². The summed E-state index contributed by atoms with van der Waals surface area (Å²) in [4.78, 5) is 13.8. The number of hydrogen-bond donors (Lipinski definition) is 3. The number of rotatable bonds is 2. The Kier molecular flexibility index (Phi) is 2.28. The Morgan fingerprint density at radius 3 is 3.00 bits per heavy atom. The maximum Gasteiger partial charge on any atom is 0.241 e. The van der Waals surface area contributed by atoms with Gasteiger partial charge in [0.05, 0.1) is 5.92 Å². The van der Waals surface area contributed by atoms with E-state index in [-0.39, 0.29) is 11.8 Å². The first kappa shape index (κ1) is 7.81. The normalized spacial score (nSPS) is 12.5. The molecule has 1 aromatic rings. The zero-order valence-corrected chi connectivity index (χ0v) is 6.29. The van der Waals surface area contributed by atoms with Crippen molar-refractivity contribution >= 4 is 5.91 Å². The van der Waals surface area contributed by atoms with Crippen LogP contribution >= 0.6 is 0 Å². The predicted molar refractivity (Wildman–Crippen MR) is 41.5 cm³/mol. The van der Waals surface area contributed by atoms with Crippen molar-refractivity contribution in [3.05, 3.63) is 24.0 Å². The molecule has 1 heterocycles. The Morgan fingerprint density at radius 1 is 1.82 bits per heavy atom. The third-order valence-electron chi connectivity index (χ3n) is 1.66. The molecule has 0 aliphatic rings. The molecule has 0 fully saturated rings. The van der Waals surface area contributed by atoms with Gasteiger partial charge in [-0.05, 0) is 18.6 Å². The minimum absolute atomic E-state index is 0.176. The third kappa shape index (κ3) is 1.59. The molecule has 0 aliphatic heterocycles. The lowest BCUT2D eigenvalue weighted by atomic mass is 10.0. The van der Waals surface area contributed by atoms with E-state index >= 15 is 0 Å². The molecule has 1 atom stereocenters. The first-order valence-electron chi connectivity index (χ1n) is 3.39. The summed E-state index contributed by atoms with van der Waals surface area (Å²) in [6.45, 7) is 1.80. The molecule has 0 aliphatic carbocycles. The van der Waals surface area contributed by atoms with E-state index in [0.717, 1.165) is 5.56 Å². The maximum absolute atomic E-state index is 11.0. The second-order valence-corrected chi connectivity index (χ2v) is 2.37. The minimum Gasteiger partial charge on any atom is -0.367 e. The summed E-state index contributed by atoms with van der Waals surface area (Å²) in [7, 11) is 0. The van der Waals surface area contributed by atoms with Crippen LogP contribution in [0.25, 0.3) is 0 Å². The number of hydrogen-bond acceptors (Lipinski definition) is 2. The summed E-state index contributed by atoms with van der Waals surface area (Å²) in [5.41, 5.74) is 3.04. The third-order valence-corrected chi connectivity index (χ3v) is 1.66. The monoisotopic (exact) mass is 153 g/mol. The van der Waals surface area contributed by atoms with Crippen LogP contribution in [0.3, 0.4) is 0 Å². The summed E-state index contributed by atoms with van der Waals surface area (Å²) < 4.78 is 0. The fourth-order valence-corrected chi connectivity index (χ4v) is 0.882. The highest BCUT2D eigenvalue weighted by atomic mass is 16.2. The molecule has 0 radical (unpaired) electrons. The number of aromatic nitrogens is 1. The molecule has 0 aromatic carbocycles. The van der Waals surface area contributed by atoms with Gasteiger partial charge in [-0.2, -0.15) is 0 Å². The smallest absolute Gasteiger partial charge is 0.241 e. The number of aromatic amines is 1. The van der Waals surface area contributed by atoms with Crippen LogP contribution in [0.2, 0.25) is 0 Å². The predicted octanol–water partition coefficient (Wildman–Crippen LogP) is 0.108. The molecule has 11 heavy (non-hydrogen) atoms. The van der Waals surface area contributed by atoms with Gasteiger partial charge in [0.25, 0.3) is 0 Å². The van der Waals surface area contributed by atoms with E-state index in [0.29, 0.717) is 0 Å². The van der Waals surface area contributed by atoms with Gasteiger partial charge in [-0.1, -0.05) is 0 Å². The summed E-state index contributed by atoms with van der Waals surface area (Å²) >= 11 is 0. The van der Waals surface area contributed by atoms with Crippen molar-refractivity contribution in [1.29, 1.82) is 0 Å². The lowest BCUT2D eigenvalue weighted by Crippen LogP contribution is -2.33. The highest BCUT2D eigenvalue weighted by molar-refractivity contribution is 5.82. The standard InChI is InChI=1S/C7H11N3O/c1-5(7(11)10-8)6-2-3-9-4-6/h2-5,9H,8H2,1H3,(H,10,11). The van der Waals surface area contributed by atoms with Gasteiger partial charge in [-0.25, -0.2) is 5.84 Å². The molecule has 1 unspecified atom stereocenters. The van der Waals surface area contributed by atoms with Crippen LogP contribution in [0.4, 0.5) is 0 Å². The molecule has 4 nitrogen and oxygen atoms in total. The number of hydrazine groups is 1. The SMILES string of the molecule is CC(C(=O)NN)c1cc[nH]c1. The molecule has 0 saturated heterocycles. The Morgan fingerprint density at radius 2 is 2.55 bits per heavy atom. The Bertz CT molecular complexity index is 230. The van der Waals surface area contributed by atoms with E-state index < -0.39 is 0 Å². The zero-order chi connectivity index (χ0) is 8.27. The quantitative estimate of drug-likeness (QED) is 0.320. The van der Waals surface area contributed by atoms with E-state index in [1.54, 1.807) is 19.3 Å². The Hall–Kier alpha value is -1.29. The van der Waals surface area contributed by atoms with Crippen molar-refractivity contribution in [1.82, 2.24) is 10.4 Å². The van der Waals surface area contributed by atoms with Gasteiger partial charge in [0.1, 0.15) is 0 Å². The van der Waals surface area contributed by atoms with Gasteiger partial charge in [-0.3, -0.25) is 10.2 Å². The lowest BCUT2D eigenvalue weighted by Gasteiger charge is -2.05. The molecule has 1 amide bonds. The zero-order valence-electron chi connectivity index (χ0n) is 6.29. The Labute approximate surface area is 64.8 Å². The molecule has 4 heteroatoms. The number of carbonyl (C=O) groups excluding carboxylic acids is 1. The fourth-order valence-electron chi connectivity index (χ4n) is 0.882. The summed E-state index contributed by atoms with van der Waals surface area (Å²) in [5, 5.41) is 0. The summed E-state index contributed by atoms with van der Waals surface area (Å²) in [5.74, 6) is 4.60. The maximum atomic E-state index is 11.0. The first-order valence-corrected chi connectivity index (χ1v) is 3.39. The molecular formula is C7H11N3O. The second-order valence-electron chi connectivity index (χ2n) is 2.37. The van der Waals surface area contributed by atoms with Crippen LogP contribution in [0.1, 0.15) is 18.4 Å². The van der Waals surface area contributed by atoms with Crippen LogP contribution in [-0.4, -0.2) is 10.9 Å². The topological polar surface area (TPSA) is 70.9 Å². The van der Waals surface area contributed by atoms with Crippen molar-refractivity contribution in [2.24, 2.45) is 5.84 Å². The minimum atomic E-state index is -0.189. The fraction of sp³-hybridized carbons (Fsp3) is 0.286. The molecule has 0 saturated carbocycles. The number of nitrogens with two attached hydrogens (primary N) is 1. The van der Waals surface area contributed by atoms with E-state index in [1.807, 2.05) is 6.07 Å². The van der Waals surface area contributed by atoms with Gasteiger partial charge in [0, 0.05) is 12.4 Å². The molecule has 0 spiro atoms. The van der Waals surface area contributed by atoms with E-state index in [2.05, 4.69) is 10.4 Å². The molecule has 1 rings (SSSR count). The van der Waals surface area contributed by atoms with Gasteiger partial charge < -0.3 is 4.98 Å². The van der Waals surface area contributed by atoms with Gasteiger partial charge in [0.2, 0.25) is 5.91 Å². The molecular weight excluding hydrogens is 142 g/mol. The Balaban J connectivity index is 2.70. The number of carbonyl (C=O) groups is 1. The van der Waals surface area contributed by atoms with Gasteiger partial charge >= 0.3 is 0 Å². The van der Waals surface area contributed by atoms with Crippen LogP contribution in [0, 0.1) is 0 Å². The largest absolute Gasteiger partial charge is 0.367 e. The van der Waals surface area contributed by atoms with Crippen LogP contribution in [-0.2, 0) is 4.79 Å². The highest BCUT2D eigenvalue weighted by Gasteiger charge is 2.13. The molecule has 0 bridgehead atoms. The highest BCUT2D eigenvalue weighted by Crippen LogP contribution is 2.12. The second kappa shape index (κ2) is 3.21. The van der Waals surface area contributed by atoms with Crippen molar-refractivity contribution in [2.45, 2.75) is 12.8 Å². The molecule has 4 N–H and O–H groups in total. The van der Waals surface area contributed by atoms with Crippen LogP contribution in [0.5, 0.6) is 0 Å². The molecule has 1 aromatic heterocycles. The average Bonchev–Trinajstić information content (AvgIpc) is 2.53. The lowest BCUT2D eigenvalue weighted by molar-refractivity contribution is -0.122. The van der Waals surface area contributed by atoms with Crippen molar-refractivity contribution in [2.75, 3.05) is 0 Å². The first-order chi connectivity index (χ1) is 5.25. The number of H-pyrrole nitrogens is 1.